The van der Waals surface area contributed by atoms with Gasteiger partial charge in [0.1, 0.15) is 5.75 Å². The average Bonchev–Trinajstić information content (AvgIpc) is 2.25. The Hall–Kier alpha value is -1.47. The van der Waals surface area contributed by atoms with Crippen LogP contribution in [0.3, 0.4) is 0 Å². The first-order valence-corrected chi connectivity index (χ1v) is 6.01. The molecule has 0 saturated heterocycles. The number of ether oxygens (including phenoxy) is 1. The van der Waals surface area contributed by atoms with Gasteiger partial charge < -0.3 is 10.1 Å². The molecule has 0 bridgehead atoms. The molecular weight excluding hydrogens is 282 g/mol. The summed E-state index contributed by atoms with van der Waals surface area (Å²) in [6.45, 7) is 4.02. The molecule has 4 heteroatoms. The Morgan fingerprint density at radius 2 is 2.29 bits per heavy atom. The van der Waals surface area contributed by atoms with Gasteiger partial charge in [0.15, 0.2) is 0 Å². The van der Waals surface area contributed by atoms with E-state index in [9.17, 15) is 4.79 Å². The van der Waals surface area contributed by atoms with Crippen LogP contribution in [0, 0.1) is 12.3 Å². The minimum atomic E-state index is -0.230. The molecule has 0 spiro atoms. The Labute approximate surface area is 110 Å². The topological polar surface area (TPSA) is 38.3 Å². The van der Waals surface area contributed by atoms with E-state index in [0.29, 0.717) is 11.3 Å². The second kappa shape index (κ2) is 6.31. The van der Waals surface area contributed by atoms with E-state index in [2.05, 4.69) is 27.2 Å². The van der Waals surface area contributed by atoms with E-state index < -0.39 is 0 Å². The van der Waals surface area contributed by atoms with Crippen LogP contribution in [-0.2, 0) is 0 Å². The van der Waals surface area contributed by atoms with Crippen LogP contribution in [-0.4, -0.2) is 18.6 Å². The summed E-state index contributed by atoms with van der Waals surface area (Å²) < 4.78 is 6.45. The number of rotatable bonds is 4. The Bertz CT molecular complexity index is 449. The summed E-state index contributed by atoms with van der Waals surface area (Å²) in [7, 11) is 0. The van der Waals surface area contributed by atoms with Crippen molar-refractivity contribution in [1.82, 2.24) is 5.32 Å². The minimum absolute atomic E-state index is 0.00323. The highest BCUT2D eigenvalue weighted by Gasteiger charge is 2.13. The standard InChI is InChI=1S/C13H14BrNO2/c1-4-7-15-13(16)11-6-5-10(14)8-12(11)17-9(2)3/h1,5-6,8-9H,7H2,2-3H3,(H,15,16). The molecule has 17 heavy (non-hydrogen) atoms. The Balaban J connectivity index is 2.97. The third kappa shape index (κ3) is 4.12. The second-order valence-electron chi connectivity index (χ2n) is 3.69. The zero-order valence-electron chi connectivity index (χ0n) is 9.79. The van der Waals surface area contributed by atoms with Crippen molar-refractivity contribution in [2.45, 2.75) is 20.0 Å². The summed E-state index contributed by atoms with van der Waals surface area (Å²) in [5, 5.41) is 2.61. The monoisotopic (exact) mass is 295 g/mol. The van der Waals surface area contributed by atoms with Gasteiger partial charge in [-0.3, -0.25) is 4.79 Å². The molecule has 1 aromatic rings. The van der Waals surface area contributed by atoms with E-state index in [1.165, 1.54) is 0 Å². The van der Waals surface area contributed by atoms with Gasteiger partial charge in [0.2, 0.25) is 0 Å². The lowest BCUT2D eigenvalue weighted by Crippen LogP contribution is -2.24. The number of hydrogen-bond acceptors (Lipinski definition) is 2. The van der Waals surface area contributed by atoms with Crippen LogP contribution in [0.1, 0.15) is 24.2 Å². The van der Waals surface area contributed by atoms with Crippen LogP contribution in [0.4, 0.5) is 0 Å². The van der Waals surface area contributed by atoms with Crippen LogP contribution in [0.2, 0.25) is 0 Å². The molecule has 0 atom stereocenters. The summed E-state index contributed by atoms with van der Waals surface area (Å²) in [4.78, 5) is 11.8. The maximum Gasteiger partial charge on any atom is 0.255 e. The quantitative estimate of drug-likeness (QED) is 0.867. The van der Waals surface area contributed by atoms with E-state index in [-0.39, 0.29) is 18.6 Å². The van der Waals surface area contributed by atoms with Crippen LogP contribution in [0.15, 0.2) is 22.7 Å². The van der Waals surface area contributed by atoms with E-state index >= 15 is 0 Å². The van der Waals surface area contributed by atoms with Gasteiger partial charge in [0, 0.05) is 4.47 Å². The van der Waals surface area contributed by atoms with Gasteiger partial charge in [0.25, 0.3) is 5.91 Å². The molecular formula is C13H14BrNO2. The van der Waals surface area contributed by atoms with Crippen molar-refractivity contribution in [3.8, 4) is 18.1 Å². The first-order valence-electron chi connectivity index (χ1n) is 5.22. The lowest BCUT2D eigenvalue weighted by molar-refractivity contribution is 0.0953. The van der Waals surface area contributed by atoms with Crippen LogP contribution >= 0.6 is 15.9 Å². The molecule has 0 saturated carbocycles. The predicted octanol–water partition coefficient (Wildman–Crippen LogP) is 2.60. The first kappa shape index (κ1) is 13.6. The average molecular weight is 296 g/mol. The van der Waals surface area contributed by atoms with Gasteiger partial charge in [-0.2, -0.15) is 0 Å². The van der Waals surface area contributed by atoms with Crippen molar-refractivity contribution in [2.24, 2.45) is 0 Å². The second-order valence-corrected chi connectivity index (χ2v) is 4.61. The fourth-order valence-corrected chi connectivity index (χ4v) is 1.60. The maximum absolute atomic E-state index is 11.8. The van der Waals surface area contributed by atoms with Crippen LogP contribution in [0.25, 0.3) is 0 Å². The Kier molecular flexibility index (Phi) is 5.05. The summed E-state index contributed by atoms with van der Waals surface area (Å²) in [5.41, 5.74) is 0.483. The molecule has 1 rings (SSSR count). The fourth-order valence-electron chi connectivity index (χ4n) is 1.26. The number of amides is 1. The summed E-state index contributed by atoms with van der Waals surface area (Å²) in [6, 6.07) is 5.26. The third-order valence-electron chi connectivity index (χ3n) is 1.90. The molecule has 3 nitrogen and oxygen atoms in total. The van der Waals surface area contributed by atoms with Crippen molar-refractivity contribution in [2.75, 3.05) is 6.54 Å². The van der Waals surface area contributed by atoms with Crippen LogP contribution < -0.4 is 10.1 Å². The number of terminal acetylenes is 1. The van der Waals surface area contributed by atoms with Crippen LogP contribution in [0.5, 0.6) is 5.75 Å². The first-order chi connectivity index (χ1) is 8.04. The fraction of sp³-hybridized carbons (Fsp3) is 0.308. The normalized spacial score (nSPS) is 9.82. The Morgan fingerprint density at radius 3 is 2.88 bits per heavy atom. The number of carbonyl (C=O) groups is 1. The summed E-state index contributed by atoms with van der Waals surface area (Å²) in [5.74, 6) is 2.67. The van der Waals surface area contributed by atoms with Gasteiger partial charge in [-0.25, -0.2) is 0 Å². The van der Waals surface area contributed by atoms with Gasteiger partial charge >= 0.3 is 0 Å². The highest BCUT2D eigenvalue weighted by molar-refractivity contribution is 9.10. The number of halogens is 1. The Morgan fingerprint density at radius 1 is 1.59 bits per heavy atom. The smallest absolute Gasteiger partial charge is 0.255 e. The molecule has 0 fully saturated rings. The number of nitrogens with one attached hydrogen (secondary N) is 1. The lowest BCUT2D eigenvalue weighted by atomic mass is 10.2. The van der Waals surface area contributed by atoms with E-state index in [1.807, 2.05) is 13.8 Å². The van der Waals surface area contributed by atoms with E-state index in [0.717, 1.165) is 4.47 Å². The zero-order chi connectivity index (χ0) is 12.8. The van der Waals surface area contributed by atoms with Gasteiger partial charge in [0.05, 0.1) is 18.2 Å². The zero-order valence-corrected chi connectivity index (χ0v) is 11.4. The molecule has 1 amide bonds. The van der Waals surface area contributed by atoms with Gasteiger partial charge in [-0.15, -0.1) is 6.42 Å². The third-order valence-corrected chi connectivity index (χ3v) is 2.40. The number of benzene rings is 1. The minimum Gasteiger partial charge on any atom is -0.490 e. The molecule has 0 aromatic heterocycles. The van der Waals surface area contributed by atoms with Crippen molar-refractivity contribution in [3.05, 3.63) is 28.2 Å². The molecule has 0 aliphatic carbocycles. The largest absolute Gasteiger partial charge is 0.490 e. The molecule has 0 aliphatic heterocycles. The van der Waals surface area contributed by atoms with E-state index in [1.54, 1.807) is 18.2 Å². The molecule has 1 N–H and O–H groups in total. The SMILES string of the molecule is C#CCNC(=O)c1ccc(Br)cc1OC(C)C. The van der Waals surface area contributed by atoms with Gasteiger partial charge in [-0.1, -0.05) is 21.9 Å². The highest BCUT2D eigenvalue weighted by atomic mass is 79.9. The van der Waals surface area contributed by atoms with Crippen molar-refractivity contribution in [1.29, 1.82) is 0 Å². The summed E-state index contributed by atoms with van der Waals surface area (Å²) >= 11 is 3.34. The molecule has 90 valence electrons. The maximum atomic E-state index is 11.8. The molecule has 1 aromatic carbocycles. The lowest BCUT2D eigenvalue weighted by Gasteiger charge is -2.14. The van der Waals surface area contributed by atoms with Crippen molar-refractivity contribution < 1.29 is 9.53 Å². The number of hydrogen-bond donors (Lipinski definition) is 1. The van der Waals surface area contributed by atoms with Gasteiger partial charge in [-0.05, 0) is 32.0 Å². The molecule has 0 aliphatic rings. The van der Waals surface area contributed by atoms with Crippen molar-refractivity contribution >= 4 is 21.8 Å². The predicted molar refractivity (Wildman–Crippen MR) is 71.1 cm³/mol. The molecule has 0 radical (unpaired) electrons. The van der Waals surface area contributed by atoms with Crippen molar-refractivity contribution in [3.63, 3.8) is 0 Å². The number of carbonyl (C=O) groups excluding carboxylic acids is 1. The molecule has 0 unspecified atom stereocenters. The van der Waals surface area contributed by atoms with E-state index in [4.69, 9.17) is 11.2 Å². The highest BCUT2D eigenvalue weighted by Crippen LogP contribution is 2.24. The summed E-state index contributed by atoms with van der Waals surface area (Å²) in [6.07, 6.45) is 5.10. The molecule has 0 heterocycles.